The molecule has 1 unspecified atom stereocenters. The van der Waals surface area contributed by atoms with Crippen molar-refractivity contribution in [1.82, 2.24) is 14.8 Å². The molecule has 8 nitrogen and oxygen atoms in total. The number of hydrogen-bond donors (Lipinski definition) is 1. The molecule has 0 spiro atoms. The van der Waals surface area contributed by atoms with Gasteiger partial charge < -0.3 is 19.5 Å². The van der Waals surface area contributed by atoms with Crippen LogP contribution in [0.2, 0.25) is 5.02 Å². The van der Waals surface area contributed by atoms with Crippen LogP contribution in [-0.4, -0.2) is 58.1 Å². The molecule has 0 radical (unpaired) electrons. The van der Waals surface area contributed by atoms with Crippen molar-refractivity contribution >= 4 is 17.5 Å². The van der Waals surface area contributed by atoms with Crippen LogP contribution in [0.15, 0.2) is 67.0 Å². The summed E-state index contributed by atoms with van der Waals surface area (Å²) in [5.74, 6) is 1.14. The Morgan fingerprint density at radius 3 is 2.43 bits per heavy atom. The monoisotopic (exact) mass is 652 g/mol. The zero-order valence-corrected chi connectivity index (χ0v) is 28.2. The number of aromatic nitrogens is 1. The summed E-state index contributed by atoms with van der Waals surface area (Å²) < 4.78 is 12.6. The van der Waals surface area contributed by atoms with Gasteiger partial charge in [-0.15, -0.1) is 0 Å². The molecule has 0 saturated carbocycles. The van der Waals surface area contributed by atoms with Gasteiger partial charge in [0, 0.05) is 67.9 Å². The Balaban J connectivity index is 1.40. The number of benzene rings is 3. The highest BCUT2D eigenvalue weighted by Gasteiger charge is 2.23. The predicted molar refractivity (Wildman–Crippen MR) is 184 cm³/mol. The Bertz CT molecular complexity index is 1780. The standard InChI is InChI=1S/C38H41ClN4O4/c1-5-43(6-2)38(45)34-12-8-11-33(26(34)4)32-10-7-9-29(25(32)3)24-47-37-17-36(46-23-28-15-27(18-40)19-41-20-28)30(16-35(37)39)21-42-14-13-31(44)22-42/h7-12,15-17,19-20,31,44H,5-6,13-14,21-24H2,1-4H3. The van der Waals surface area contributed by atoms with E-state index in [9.17, 15) is 15.2 Å². The van der Waals surface area contributed by atoms with Gasteiger partial charge in [0.05, 0.1) is 16.7 Å². The summed E-state index contributed by atoms with van der Waals surface area (Å²) in [4.78, 5) is 21.4. The first-order valence-electron chi connectivity index (χ1n) is 16.0. The minimum absolute atomic E-state index is 0.0394. The number of likely N-dealkylation sites (tertiary alicyclic amines) is 1. The summed E-state index contributed by atoms with van der Waals surface area (Å²) in [5, 5.41) is 19.8. The smallest absolute Gasteiger partial charge is 0.254 e. The van der Waals surface area contributed by atoms with E-state index in [1.165, 1.54) is 6.20 Å². The van der Waals surface area contributed by atoms with E-state index in [0.717, 1.165) is 51.9 Å². The average molecular weight is 653 g/mol. The number of hydrogen-bond acceptors (Lipinski definition) is 7. The number of halogens is 1. The molecule has 4 aromatic rings. The lowest BCUT2D eigenvalue weighted by Gasteiger charge is -2.22. The summed E-state index contributed by atoms with van der Waals surface area (Å²) in [5.41, 5.74) is 7.90. The molecule has 1 atom stereocenters. The zero-order chi connectivity index (χ0) is 33.5. The number of aliphatic hydroxyl groups excluding tert-OH is 1. The number of aliphatic hydroxyl groups is 1. The van der Waals surface area contributed by atoms with E-state index in [1.54, 1.807) is 12.3 Å². The van der Waals surface area contributed by atoms with Crippen molar-refractivity contribution in [2.45, 2.75) is 60.0 Å². The molecule has 1 aliphatic rings. The van der Waals surface area contributed by atoms with Crippen LogP contribution >= 0.6 is 11.6 Å². The third-order valence-electron chi connectivity index (χ3n) is 8.81. The van der Waals surface area contributed by atoms with E-state index < -0.39 is 0 Å². The van der Waals surface area contributed by atoms with Gasteiger partial charge >= 0.3 is 0 Å². The highest BCUT2D eigenvalue weighted by atomic mass is 35.5. The Hall–Kier alpha value is -4.42. The number of β-amino-alcohol motifs (C(OH)–C–C–N with tert-alkyl or cyclic N) is 1. The van der Waals surface area contributed by atoms with Crippen LogP contribution in [0.5, 0.6) is 11.5 Å². The maximum absolute atomic E-state index is 13.2. The van der Waals surface area contributed by atoms with Crippen molar-refractivity contribution in [3.63, 3.8) is 0 Å². The molecular formula is C38H41ClN4O4. The minimum atomic E-state index is -0.342. The van der Waals surface area contributed by atoms with E-state index in [0.29, 0.717) is 53.8 Å². The Labute approximate surface area is 282 Å². The van der Waals surface area contributed by atoms with Crippen LogP contribution in [0.4, 0.5) is 0 Å². The first-order chi connectivity index (χ1) is 22.7. The van der Waals surface area contributed by atoms with Crippen molar-refractivity contribution < 1.29 is 19.4 Å². The number of ether oxygens (including phenoxy) is 2. The second kappa shape index (κ2) is 15.4. The summed E-state index contributed by atoms with van der Waals surface area (Å²) in [7, 11) is 0. The molecule has 1 aromatic heterocycles. The fourth-order valence-corrected chi connectivity index (χ4v) is 6.30. The van der Waals surface area contributed by atoms with Crippen molar-refractivity contribution in [3.05, 3.63) is 111 Å². The lowest BCUT2D eigenvalue weighted by molar-refractivity contribution is 0.0772. The largest absolute Gasteiger partial charge is 0.488 e. The number of carbonyl (C=O) groups excluding carboxylic acids is 1. The SMILES string of the molecule is CCN(CC)C(=O)c1cccc(-c2cccc(COc3cc(OCc4cncc(C#N)c4)c(CN4CCC(O)C4)cc3Cl)c2C)c1C. The number of amides is 1. The molecule has 2 heterocycles. The van der Waals surface area contributed by atoms with Crippen LogP contribution in [0.1, 0.15) is 64.0 Å². The molecule has 3 aromatic carbocycles. The maximum atomic E-state index is 13.2. The molecule has 0 aliphatic carbocycles. The summed E-state index contributed by atoms with van der Waals surface area (Å²) in [6.07, 6.45) is 3.58. The molecule has 1 fully saturated rings. The van der Waals surface area contributed by atoms with E-state index in [-0.39, 0.29) is 25.2 Å². The lowest BCUT2D eigenvalue weighted by Crippen LogP contribution is -2.31. The molecule has 1 aliphatic heterocycles. The molecule has 9 heteroatoms. The van der Waals surface area contributed by atoms with Crippen molar-refractivity contribution in [3.8, 4) is 28.7 Å². The summed E-state index contributed by atoms with van der Waals surface area (Å²) in [6.45, 7) is 11.8. The number of nitriles is 1. The first-order valence-corrected chi connectivity index (χ1v) is 16.4. The van der Waals surface area contributed by atoms with Crippen molar-refractivity contribution in [1.29, 1.82) is 5.26 Å². The lowest BCUT2D eigenvalue weighted by atomic mass is 9.91. The first kappa shape index (κ1) is 33.9. The molecule has 1 N–H and O–H groups in total. The third kappa shape index (κ3) is 7.94. The molecule has 244 valence electrons. The van der Waals surface area contributed by atoms with Crippen LogP contribution in [0, 0.1) is 25.2 Å². The van der Waals surface area contributed by atoms with Gasteiger partial charge in [-0.3, -0.25) is 14.7 Å². The third-order valence-corrected chi connectivity index (χ3v) is 9.10. The Morgan fingerprint density at radius 1 is 1.00 bits per heavy atom. The van der Waals surface area contributed by atoms with Gasteiger partial charge in [-0.2, -0.15) is 5.26 Å². The second-order valence-corrected chi connectivity index (χ2v) is 12.3. The summed E-state index contributed by atoms with van der Waals surface area (Å²) >= 11 is 6.79. The normalized spacial score (nSPS) is 14.5. The van der Waals surface area contributed by atoms with Crippen LogP contribution in [0.25, 0.3) is 11.1 Å². The number of rotatable bonds is 12. The van der Waals surface area contributed by atoms with Gasteiger partial charge in [0.2, 0.25) is 0 Å². The van der Waals surface area contributed by atoms with Crippen LogP contribution < -0.4 is 9.47 Å². The topological polar surface area (TPSA) is 98.9 Å². The van der Waals surface area contributed by atoms with E-state index >= 15 is 0 Å². The average Bonchev–Trinajstić information content (AvgIpc) is 3.49. The molecular weight excluding hydrogens is 612 g/mol. The number of carbonyl (C=O) groups is 1. The van der Waals surface area contributed by atoms with Crippen LogP contribution in [-0.2, 0) is 19.8 Å². The highest BCUT2D eigenvalue weighted by molar-refractivity contribution is 6.32. The molecule has 47 heavy (non-hydrogen) atoms. The Kier molecular flexibility index (Phi) is 11.2. The predicted octanol–water partition coefficient (Wildman–Crippen LogP) is 7.10. The van der Waals surface area contributed by atoms with Gasteiger partial charge in [0.25, 0.3) is 5.91 Å². The van der Waals surface area contributed by atoms with Crippen molar-refractivity contribution in [2.24, 2.45) is 0 Å². The van der Waals surface area contributed by atoms with E-state index in [4.69, 9.17) is 21.1 Å². The minimum Gasteiger partial charge on any atom is -0.488 e. The quantitative estimate of drug-likeness (QED) is 0.174. The van der Waals surface area contributed by atoms with Crippen LogP contribution in [0.3, 0.4) is 0 Å². The summed E-state index contributed by atoms with van der Waals surface area (Å²) in [6, 6.07) is 19.6. The van der Waals surface area contributed by atoms with E-state index in [2.05, 4.69) is 35.0 Å². The maximum Gasteiger partial charge on any atom is 0.254 e. The fourth-order valence-electron chi connectivity index (χ4n) is 6.06. The molecule has 1 saturated heterocycles. The Morgan fingerprint density at radius 2 is 1.72 bits per heavy atom. The van der Waals surface area contributed by atoms with Gasteiger partial charge in [-0.05, 0) is 80.1 Å². The van der Waals surface area contributed by atoms with Crippen molar-refractivity contribution in [2.75, 3.05) is 26.2 Å². The van der Waals surface area contributed by atoms with Gasteiger partial charge in [-0.1, -0.05) is 41.9 Å². The van der Waals surface area contributed by atoms with E-state index in [1.807, 2.05) is 62.1 Å². The highest BCUT2D eigenvalue weighted by Crippen LogP contribution is 2.36. The fraction of sp³-hybridized carbons (Fsp3) is 0.342. The second-order valence-electron chi connectivity index (χ2n) is 11.9. The zero-order valence-electron chi connectivity index (χ0n) is 27.4. The van der Waals surface area contributed by atoms with Gasteiger partial charge in [0.15, 0.2) is 0 Å². The van der Waals surface area contributed by atoms with Gasteiger partial charge in [-0.25, -0.2) is 0 Å². The number of pyridine rings is 1. The molecule has 0 bridgehead atoms. The molecule has 1 amide bonds. The molecule has 5 rings (SSSR count). The van der Waals surface area contributed by atoms with Gasteiger partial charge in [0.1, 0.15) is 30.8 Å². The number of nitrogens with zero attached hydrogens (tertiary/aromatic N) is 4.